The number of benzene rings is 2. The Morgan fingerprint density at radius 1 is 1.24 bits per heavy atom. The van der Waals surface area contributed by atoms with E-state index in [0.717, 1.165) is 11.3 Å². The fraction of sp³-hybridized carbons (Fsp3) is 0.158. The molecule has 0 radical (unpaired) electrons. The number of halogens is 1. The van der Waals surface area contributed by atoms with Gasteiger partial charge in [0.2, 0.25) is 0 Å². The second-order valence-electron chi connectivity index (χ2n) is 5.57. The van der Waals surface area contributed by atoms with Gasteiger partial charge < -0.3 is 10.1 Å². The Morgan fingerprint density at radius 3 is 2.84 bits per heavy atom. The van der Waals surface area contributed by atoms with Crippen LogP contribution in [0.5, 0.6) is 5.75 Å². The van der Waals surface area contributed by atoms with E-state index < -0.39 is 6.10 Å². The Labute approximate surface area is 151 Å². The lowest BCUT2D eigenvalue weighted by Gasteiger charge is -2.16. The molecule has 0 saturated carbocycles. The van der Waals surface area contributed by atoms with Gasteiger partial charge in [0.15, 0.2) is 6.10 Å². The van der Waals surface area contributed by atoms with Gasteiger partial charge in [0.1, 0.15) is 5.75 Å². The molecule has 5 nitrogen and oxygen atoms in total. The van der Waals surface area contributed by atoms with Gasteiger partial charge in [-0.05, 0) is 42.8 Å². The highest BCUT2D eigenvalue weighted by Crippen LogP contribution is 2.20. The van der Waals surface area contributed by atoms with E-state index in [2.05, 4.69) is 10.4 Å². The van der Waals surface area contributed by atoms with Crippen molar-refractivity contribution in [1.29, 1.82) is 0 Å². The molecule has 0 aliphatic heterocycles. The summed E-state index contributed by atoms with van der Waals surface area (Å²) in [6, 6.07) is 16.5. The first-order valence-electron chi connectivity index (χ1n) is 7.90. The number of aromatic nitrogens is 2. The first-order valence-corrected chi connectivity index (χ1v) is 8.28. The molecule has 1 atom stereocenters. The molecular formula is C19H18ClN3O2. The van der Waals surface area contributed by atoms with Crippen LogP contribution in [0.1, 0.15) is 12.5 Å². The normalized spacial score (nSPS) is 11.8. The molecule has 3 aromatic rings. The zero-order valence-corrected chi connectivity index (χ0v) is 14.5. The number of anilines is 1. The highest BCUT2D eigenvalue weighted by molar-refractivity contribution is 6.30. The van der Waals surface area contributed by atoms with Crippen LogP contribution in [0.15, 0.2) is 67.0 Å². The van der Waals surface area contributed by atoms with Crippen LogP contribution in [-0.4, -0.2) is 21.8 Å². The molecule has 0 bridgehead atoms. The largest absolute Gasteiger partial charge is 0.481 e. The van der Waals surface area contributed by atoms with Crippen molar-refractivity contribution in [2.45, 2.75) is 19.6 Å². The first-order chi connectivity index (χ1) is 12.1. The average Bonchev–Trinajstić information content (AvgIpc) is 3.09. The van der Waals surface area contributed by atoms with Crippen molar-refractivity contribution in [3.63, 3.8) is 0 Å². The van der Waals surface area contributed by atoms with Crippen LogP contribution < -0.4 is 10.1 Å². The molecule has 0 aliphatic rings. The highest BCUT2D eigenvalue weighted by atomic mass is 35.5. The lowest BCUT2D eigenvalue weighted by atomic mass is 10.1. The molecule has 25 heavy (non-hydrogen) atoms. The van der Waals surface area contributed by atoms with Gasteiger partial charge in [-0.3, -0.25) is 9.48 Å². The summed E-state index contributed by atoms with van der Waals surface area (Å²) in [5.74, 6) is 0.327. The maximum Gasteiger partial charge on any atom is 0.265 e. The predicted molar refractivity (Wildman–Crippen MR) is 97.9 cm³/mol. The number of rotatable bonds is 6. The molecule has 6 heteroatoms. The smallest absolute Gasteiger partial charge is 0.265 e. The molecule has 0 fully saturated rings. The molecule has 2 aromatic carbocycles. The van der Waals surface area contributed by atoms with Crippen molar-refractivity contribution in [3.8, 4) is 5.75 Å². The van der Waals surface area contributed by atoms with Crippen molar-refractivity contribution in [2.75, 3.05) is 5.32 Å². The first kappa shape index (κ1) is 17.0. The third kappa shape index (κ3) is 4.61. The number of amides is 1. The number of nitrogens with zero attached hydrogens (tertiary/aromatic N) is 2. The van der Waals surface area contributed by atoms with Crippen LogP contribution in [0.3, 0.4) is 0 Å². The van der Waals surface area contributed by atoms with Crippen molar-refractivity contribution in [1.82, 2.24) is 9.78 Å². The van der Waals surface area contributed by atoms with Gasteiger partial charge in [0.05, 0.1) is 6.54 Å². The van der Waals surface area contributed by atoms with E-state index in [1.165, 1.54) is 0 Å². The molecular weight excluding hydrogens is 338 g/mol. The van der Waals surface area contributed by atoms with E-state index in [-0.39, 0.29) is 5.91 Å². The molecule has 128 valence electrons. The van der Waals surface area contributed by atoms with Gasteiger partial charge in [-0.2, -0.15) is 5.10 Å². The van der Waals surface area contributed by atoms with Gasteiger partial charge in [-0.25, -0.2) is 0 Å². The Hall–Kier alpha value is -2.79. The molecule has 1 unspecified atom stereocenters. The lowest BCUT2D eigenvalue weighted by Crippen LogP contribution is -2.30. The van der Waals surface area contributed by atoms with E-state index in [0.29, 0.717) is 17.3 Å². The number of carbonyl (C=O) groups excluding carboxylic acids is 1. The minimum absolute atomic E-state index is 0.229. The Bertz CT molecular complexity index is 849. The Balaban J connectivity index is 1.68. The van der Waals surface area contributed by atoms with Gasteiger partial charge in [-0.1, -0.05) is 35.9 Å². The van der Waals surface area contributed by atoms with E-state index in [1.807, 2.05) is 36.5 Å². The molecule has 0 aliphatic carbocycles. The maximum atomic E-state index is 12.5. The standard InChI is InChI=1S/C19H18ClN3O2/c1-14(25-17-8-4-7-16(20)12-17)19(24)22-18-9-3-2-6-15(18)13-23-11-5-10-21-23/h2-12,14H,13H2,1H3,(H,22,24). The fourth-order valence-corrected chi connectivity index (χ4v) is 2.56. The quantitative estimate of drug-likeness (QED) is 0.727. The highest BCUT2D eigenvalue weighted by Gasteiger charge is 2.16. The van der Waals surface area contributed by atoms with Crippen molar-refractivity contribution in [2.24, 2.45) is 0 Å². The molecule has 0 saturated heterocycles. The van der Waals surface area contributed by atoms with Crippen LogP contribution in [0.4, 0.5) is 5.69 Å². The Morgan fingerprint density at radius 2 is 2.08 bits per heavy atom. The van der Waals surface area contributed by atoms with E-state index in [9.17, 15) is 4.79 Å². The lowest BCUT2D eigenvalue weighted by molar-refractivity contribution is -0.122. The molecule has 1 amide bonds. The molecule has 3 rings (SSSR count). The summed E-state index contributed by atoms with van der Waals surface area (Å²) in [5, 5.41) is 7.68. The van der Waals surface area contributed by atoms with Crippen LogP contribution in [0.2, 0.25) is 5.02 Å². The molecule has 0 spiro atoms. The summed E-state index contributed by atoms with van der Waals surface area (Å²) in [5.41, 5.74) is 1.71. The number of para-hydroxylation sites is 1. The summed E-state index contributed by atoms with van der Waals surface area (Å²) in [6.07, 6.45) is 2.95. The van der Waals surface area contributed by atoms with Gasteiger partial charge in [0.25, 0.3) is 5.91 Å². The zero-order chi connectivity index (χ0) is 17.6. The summed E-state index contributed by atoms with van der Waals surface area (Å²) in [7, 11) is 0. The van der Waals surface area contributed by atoms with Crippen molar-refractivity contribution in [3.05, 3.63) is 77.6 Å². The minimum Gasteiger partial charge on any atom is -0.481 e. The third-order valence-corrected chi connectivity index (χ3v) is 3.88. The third-order valence-electron chi connectivity index (χ3n) is 3.64. The zero-order valence-electron chi connectivity index (χ0n) is 13.7. The van der Waals surface area contributed by atoms with Crippen LogP contribution >= 0.6 is 11.6 Å². The van der Waals surface area contributed by atoms with Gasteiger partial charge in [0, 0.05) is 23.1 Å². The summed E-state index contributed by atoms with van der Waals surface area (Å²) in [4.78, 5) is 12.5. The Kier molecular flexibility index (Phi) is 5.36. The monoisotopic (exact) mass is 355 g/mol. The number of carbonyl (C=O) groups is 1. The van der Waals surface area contributed by atoms with Gasteiger partial charge >= 0.3 is 0 Å². The van der Waals surface area contributed by atoms with E-state index >= 15 is 0 Å². The molecule has 1 N–H and O–H groups in total. The summed E-state index contributed by atoms with van der Waals surface area (Å²) in [6.45, 7) is 2.28. The number of hydrogen-bond acceptors (Lipinski definition) is 3. The van der Waals surface area contributed by atoms with Crippen LogP contribution in [-0.2, 0) is 11.3 Å². The van der Waals surface area contributed by atoms with E-state index in [4.69, 9.17) is 16.3 Å². The topological polar surface area (TPSA) is 56.1 Å². The minimum atomic E-state index is -0.656. The van der Waals surface area contributed by atoms with Crippen LogP contribution in [0.25, 0.3) is 0 Å². The second-order valence-corrected chi connectivity index (χ2v) is 6.00. The number of nitrogens with one attached hydrogen (secondary N) is 1. The van der Waals surface area contributed by atoms with Crippen molar-refractivity contribution < 1.29 is 9.53 Å². The molecule has 1 heterocycles. The second kappa shape index (κ2) is 7.85. The molecule has 1 aromatic heterocycles. The summed E-state index contributed by atoms with van der Waals surface area (Å²) >= 11 is 5.94. The SMILES string of the molecule is CC(Oc1cccc(Cl)c1)C(=O)Nc1ccccc1Cn1cccn1. The maximum absolute atomic E-state index is 12.5. The number of ether oxygens (including phenoxy) is 1. The predicted octanol–water partition coefficient (Wildman–Crippen LogP) is 3.99. The van der Waals surface area contributed by atoms with Crippen molar-refractivity contribution >= 4 is 23.2 Å². The number of hydrogen-bond donors (Lipinski definition) is 1. The fourth-order valence-electron chi connectivity index (χ4n) is 2.38. The summed E-state index contributed by atoms with van der Waals surface area (Å²) < 4.78 is 7.46. The van der Waals surface area contributed by atoms with Gasteiger partial charge in [-0.15, -0.1) is 0 Å². The van der Waals surface area contributed by atoms with E-state index in [1.54, 1.807) is 42.1 Å². The van der Waals surface area contributed by atoms with Crippen LogP contribution in [0, 0.1) is 0 Å². The average molecular weight is 356 g/mol.